The molecular weight excluding hydrogens is 390 g/mol. The van der Waals surface area contributed by atoms with E-state index in [1.165, 1.54) is 5.01 Å². The maximum atomic E-state index is 12.7. The number of carbonyl (C=O) groups is 1. The van der Waals surface area contributed by atoms with E-state index in [9.17, 15) is 4.79 Å². The molecule has 7 heteroatoms. The second-order valence-electron chi connectivity index (χ2n) is 5.45. The summed E-state index contributed by atoms with van der Waals surface area (Å²) < 4.78 is 0. The molecule has 24 heavy (non-hydrogen) atoms. The molecule has 0 N–H and O–H groups in total. The van der Waals surface area contributed by atoms with E-state index in [0.29, 0.717) is 20.1 Å². The van der Waals surface area contributed by atoms with Crippen molar-refractivity contribution in [2.75, 3.05) is 0 Å². The van der Waals surface area contributed by atoms with Gasteiger partial charge in [0.05, 0.1) is 26.1 Å². The van der Waals surface area contributed by atoms with Crippen molar-refractivity contribution in [1.29, 1.82) is 0 Å². The zero-order chi connectivity index (χ0) is 17.4. The summed E-state index contributed by atoms with van der Waals surface area (Å²) in [5.74, 6) is -0.614. The number of halogens is 4. The highest BCUT2D eigenvalue weighted by molar-refractivity contribution is 6.42. The molecular formula is C17H12Cl4N2O. The molecule has 0 fully saturated rings. The normalized spacial score (nSPS) is 18.3. The van der Waals surface area contributed by atoms with Crippen molar-refractivity contribution in [1.82, 2.24) is 5.01 Å². The molecule has 2 atom stereocenters. The van der Waals surface area contributed by atoms with E-state index >= 15 is 0 Å². The van der Waals surface area contributed by atoms with Crippen LogP contribution >= 0.6 is 46.4 Å². The van der Waals surface area contributed by atoms with Crippen LogP contribution in [0.5, 0.6) is 0 Å². The lowest BCUT2D eigenvalue weighted by atomic mass is 9.99. The van der Waals surface area contributed by atoms with E-state index in [4.69, 9.17) is 46.4 Å². The van der Waals surface area contributed by atoms with Crippen LogP contribution in [0.4, 0.5) is 0 Å². The molecule has 2 unspecified atom stereocenters. The Morgan fingerprint density at radius 3 is 2.21 bits per heavy atom. The van der Waals surface area contributed by atoms with Gasteiger partial charge in [0.15, 0.2) is 0 Å². The fourth-order valence-corrected chi connectivity index (χ4v) is 3.15. The SMILES string of the molecule is CC(c1ccc(Cl)c(Cl)c1)N1N=CC(c2ccc(Cl)c(Cl)c2)C1=O. The summed E-state index contributed by atoms with van der Waals surface area (Å²) >= 11 is 24.0. The Labute approximate surface area is 159 Å². The number of rotatable bonds is 3. The molecule has 0 bridgehead atoms. The lowest BCUT2D eigenvalue weighted by Gasteiger charge is -2.22. The minimum Gasteiger partial charge on any atom is -0.272 e. The summed E-state index contributed by atoms with van der Waals surface area (Å²) in [6.07, 6.45) is 1.61. The summed E-state index contributed by atoms with van der Waals surface area (Å²) in [7, 11) is 0. The molecule has 2 aromatic rings. The predicted molar refractivity (Wildman–Crippen MR) is 99.4 cm³/mol. The van der Waals surface area contributed by atoms with Gasteiger partial charge in [-0.3, -0.25) is 4.79 Å². The zero-order valence-corrected chi connectivity index (χ0v) is 15.5. The minimum absolute atomic E-state index is 0.132. The summed E-state index contributed by atoms with van der Waals surface area (Å²) in [5.41, 5.74) is 1.60. The molecule has 3 nitrogen and oxygen atoms in total. The highest BCUT2D eigenvalue weighted by Crippen LogP contribution is 2.34. The predicted octanol–water partition coefficient (Wildman–Crippen LogP) is 5.97. The third-order valence-corrected chi connectivity index (χ3v) is 5.41. The average molecular weight is 402 g/mol. The van der Waals surface area contributed by atoms with Gasteiger partial charge >= 0.3 is 0 Å². The lowest BCUT2D eigenvalue weighted by Crippen LogP contribution is -2.28. The third kappa shape index (κ3) is 3.27. The molecule has 0 spiro atoms. The Morgan fingerprint density at radius 2 is 1.58 bits per heavy atom. The molecule has 2 aromatic carbocycles. The zero-order valence-electron chi connectivity index (χ0n) is 12.5. The molecule has 0 aromatic heterocycles. The molecule has 3 rings (SSSR count). The fourth-order valence-electron chi connectivity index (χ4n) is 2.54. The number of amides is 1. The Morgan fingerprint density at radius 1 is 0.958 bits per heavy atom. The van der Waals surface area contributed by atoms with Crippen LogP contribution in [-0.4, -0.2) is 17.1 Å². The highest BCUT2D eigenvalue weighted by atomic mass is 35.5. The largest absolute Gasteiger partial charge is 0.272 e. The first-order valence-electron chi connectivity index (χ1n) is 7.15. The van der Waals surface area contributed by atoms with Gasteiger partial charge in [0.25, 0.3) is 5.91 Å². The first kappa shape index (κ1) is 17.6. The molecule has 1 aliphatic rings. The first-order valence-corrected chi connectivity index (χ1v) is 8.66. The van der Waals surface area contributed by atoms with E-state index < -0.39 is 5.92 Å². The van der Waals surface area contributed by atoms with E-state index in [-0.39, 0.29) is 11.9 Å². The second kappa shape index (κ2) is 6.93. The van der Waals surface area contributed by atoms with Gasteiger partial charge in [0.2, 0.25) is 0 Å². The van der Waals surface area contributed by atoms with Crippen LogP contribution in [0.1, 0.15) is 30.0 Å². The van der Waals surface area contributed by atoms with Crippen LogP contribution in [0.3, 0.4) is 0 Å². The van der Waals surface area contributed by atoms with E-state index in [2.05, 4.69) is 5.10 Å². The van der Waals surface area contributed by atoms with Crippen molar-refractivity contribution in [3.05, 3.63) is 67.6 Å². The molecule has 0 radical (unpaired) electrons. The Hall–Kier alpha value is -1.26. The second-order valence-corrected chi connectivity index (χ2v) is 7.08. The number of hydrazone groups is 1. The van der Waals surface area contributed by atoms with Crippen LogP contribution in [0.25, 0.3) is 0 Å². The van der Waals surface area contributed by atoms with Gasteiger partial charge in [-0.15, -0.1) is 0 Å². The Kier molecular flexibility index (Phi) is 5.07. The minimum atomic E-state index is -0.481. The number of nitrogens with zero attached hydrogens (tertiary/aromatic N) is 2. The topological polar surface area (TPSA) is 32.7 Å². The van der Waals surface area contributed by atoms with Crippen LogP contribution in [0.15, 0.2) is 41.5 Å². The van der Waals surface area contributed by atoms with Gasteiger partial charge < -0.3 is 0 Å². The number of benzene rings is 2. The monoisotopic (exact) mass is 400 g/mol. The standard InChI is InChI=1S/C17H12Cl4N2O/c1-9(10-2-4-13(18)15(20)6-10)23-17(24)12(8-22-23)11-3-5-14(19)16(21)7-11/h2-9,12H,1H3. The maximum Gasteiger partial charge on any atom is 0.256 e. The number of carbonyl (C=O) groups excluding carboxylic acids is 1. The van der Waals surface area contributed by atoms with E-state index in [1.54, 1.807) is 36.5 Å². The molecule has 1 heterocycles. The molecule has 1 amide bonds. The van der Waals surface area contributed by atoms with Crippen LogP contribution in [0, 0.1) is 0 Å². The average Bonchev–Trinajstić information content (AvgIpc) is 2.93. The fraction of sp³-hybridized carbons (Fsp3) is 0.176. The molecule has 1 aliphatic heterocycles. The Balaban J connectivity index is 1.84. The van der Waals surface area contributed by atoms with Crippen LogP contribution in [0.2, 0.25) is 20.1 Å². The number of hydrogen-bond acceptors (Lipinski definition) is 2. The lowest BCUT2D eigenvalue weighted by molar-refractivity contribution is -0.131. The van der Waals surface area contributed by atoms with Crippen molar-refractivity contribution in [2.45, 2.75) is 18.9 Å². The van der Waals surface area contributed by atoms with Crippen molar-refractivity contribution in [2.24, 2.45) is 5.10 Å². The Bertz CT molecular complexity index is 837. The summed E-state index contributed by atoms with van der Waals surface area (Å²) in [6.45, 7) is 1.88. The summed E-state index contributed by atoms with van der Waals surface area (Å²) in [4.78, 5) is 12.7. The summed E-state index contributed by atoms with van der Waals surface area (Å²) in [6, 6.07) is 10.1. The van der Waals surface area contributed by atoms with Crippen molar-refractivity contribution >= 4 is 58.5 Å². The van der Waals surface area contributed by atoms with Crippen LogP contribution < -0.4 is 0 Å². The van der Waals surface area contributed by atoms with Gasteiger partial charge in [0.1, 0.15) is 5.92 Å². The molecule has 0 saturated heterocycles. The van der Waals surface area contributed by atoms with Crippen molar-refractivity contribution in [3.63, 3.8) is 0 Å². The van der Waals surface area contributed by atoms with Gasteiger partial charge in [-0.2, -0.15) is 5.10 Å². The van der Waals surface area contributed by atoms with Crippen molar-refractivity contribution in [3.8, 4) is 0 Å². The first-order chi connectivity index (χ1) is 11.4. The molecule has 124 valence electrons. The van der Waals surface area contributed by atoms with E-state index in [1.807, 2.05) is 13.0 Å². The van der Waals surface area contributed by atoms with Gasteiger partial charge in [0, 0.05) is 6.21 Å². The van der Waals surface area contributed by atoms with Crippen LogP contribution in [-0.2, 0) is 4.79 Å². The smallest absolute Gasteiger partial charge is 0.256 e. The van der Waals surface area contributed by atoms with Gasteiger partial charge in [-0.25, -0.2) is 5.01 Å². The molecule has 0 saturated carbocycles. The molecule has 0 aliphatic carbocycles. The highest BCUT2D eigenvalue weighted by Gasteiger charge is 2.33. The number of hydrogen-bond donors (Lipinski definition) is 0. The van der Waals surface area contributed by atoms with E-state index in [0.717, 1.165) is 11.1 Å². The quantitative estimate of drug-likeness (QED) is 0.623. The maximum absolute atomic E-state index is 12.7. The summed E-state index contributed by atoms with van der Waals surface area (Å²) in [5, 5.41) is 7.47. The third-order valence-electron chi connectivity index (χ3n) is 3.93. The van der Waals surface area contributed by atoms with Gasteiger partial charge in [-0.1, -0.05) is 58.5 Å². The van der Waals surface area contributed by atoms with Crippen molar-refractivity contribution < 1.29 is 4.79 Å². The van der Waals surface area contributed by atoms with Gasteiger partial charge in [-0.05, 0) is 42.3 Å².